The Morgan fingerprint density at radius 3 is 2.93 bits per heavy atom. The number of nitrogens with two attached hydrogens (primary N) is 1. The highest BCUT2D eigenvalue weighted by atomic mass is 16.6. The first-order valence-corrected chi connectivity index (χ1v) is 10.3. The average Bonchev–Trinajstić information content (AvgIpc) is 3.12. The van der Waals surface area contributed by atoms with Gasteiger partial charge in [-0.15, -0.1) is 0 Å². The number of methoxy groups -OCH3 is 1. The van der Waals surface area contributed by atoms with Crippen molar-refractivity contribution in [3.63, 3.8) is 0 Å². The van der Waals surface area contributed by atoms with Crippen LogP contribution in [0.5, 0.6) is 0 Å². The Hall–Kier alpha value is -2.19. The highest BCUT2D eigenvalue weighted by molar-refractivity contribution is 5.90. The van der Waals surface area contributed by atoms with E-state index in [0.29, 0.717) is 19.7 Å². The summed E-state index contributed by atoms with van der Waals surface area (Å²) in [6, 6.07) is 3.71. The topological polar surface area (TPSA) is 98.0 Å². The maximum absolute atomic E-state index is 11.7. The van der Waals surface area contributed by atoms with E-state index >= 15 is 0 Å². The molecule has 3 unspecified atom stereocenters. The molecule has 160 valence electrons. The molecule has 2 amide bonds. The van der Waals surface area contributed by atoms with Gasteiger partial charge in [0.1, 0.15) is 12.3 Å². The standard InChI is InChI=1S/C21H32N4O4/c1-15-5-4-6-17(14-24(2)9-10-25-11-12-29-20(25)27)21(15,28-3)16-7-8-23-18(13-16)19(22)26/h7-8,13,15,17H,4-6,9-12,14H2,1-3H3,(H2,22,26). The molecule has 29 heavy (non-hydrogen) atoms. The average molecular weight is 405 g/mol. The second-order valence-electron chi connectivity index (χ2n) is 8.18. The summed E-state index contributed by atoms with van der Waals surface area (Å²) in [5.41, 5.74) is 6.17. The van der Waals surface area contributed by atoms with Crippen molar-refractivity contribution in [3.05, 3.63) is 29.6 Å². The Kier molecular flexibility index (Phi) is 6.74. The molecule has 1 aliphatic heterocycles. The number of carbonyl (C=O) groups is 2. The van der Waals surface area contributed by atoms with Crippen molar-refractivity contribution in [1.29, 1.82) is 0 Å². The predicted molar refractivity (Wildman–Crippen MR) is 108 cm³/mol. The summed E-state index contributed by atoms with van der Waals surface area (Å²) in [5, 5.41) is 0. The van der Waals surface area contributed by atoms with Crippen molar-refractivity contribution in [2.24, 2.45) is 17.6 Å². The molecule has 3 rings (SSSR count). The summed E-state index contributed by atoms with van der Waals surface area (Å²) in [4.78, 5) is 31.4. The number of pyridine rings is 1. The van der Waals surface area contributed by atoms with E-state index < -0.39 is 11.5 Å². The van der Waals surface area contributed by atoms with Crippen LogP contribution in [-0.4, -0.2) is 73.7 Å². The van der Waals surface area contributed by atoms with Gasteiger partial charge in [0.05, 0.1) is 12.1 Å². The van der Waals surface area contributed by atoms with Gasteiger partial charge in [-0.3, -0.25) is 9.78 Å². The predicted octanol–water partition coefficient (Wildman–Crippen LogP) is 1.84. The van der Waals surface area contributed by atoms with E-state index in [1.807, 2.05) is 6.07 Å². The Labute approximate surface area is 172 Å². The largest absolute Gasteiger partial charge is 0.448 e. The highest BCUT2D eigenvalue weighted by Crippen LogP contribution is 2.48. The number of carbonyl (C=O) groups excluding carboxylic acids is 2. The van der Waals surface area contributed by atoms with Crippen molar-refractivity contribution < 1.29 is 19.1 Å². The van der Waals surface area contributed by atoms with Crippen LogP contribution in [0.25, 0.3) is 0 Å². The molecule has 8 nitrogen and oxygen atoms in total. The molecule has 2 aliphatic rings. The van der Waals surface area contributed by atoms with E-state index in [1.165, 1.54) is 0 Å². The minimum absolute atomic E-state index is 0.230. The molecule has 1 saturated heterocycles. The number of nitrogens with zero attached hydrogens (tertiary/aromatic N) is 3. The van der Waals surface area contributed by atoms with Crippen LogP contribution in [0.3, 0.4) is 0 Å². The van der Waals surface area contributed by atoms with Crippen molar-refractivity contribution in [2.45, 2.75) is 31.8 Å². The minimum atomic E-state index is -0.535. The van der Waals surface area contributed by atoms with Crippen LogP contribution in [-0.2, 0) is 15.1 Å². The molecule has 1 aliphatic carbocycles. The van der Waals surface area contributed by atoms with E-state index in [2.05, 4.69) is 23.9 Å². The van der Waals surface area contributed by atoms with Crippen LogP contribution in [0.15, 0.2) is 18.3 Å². The maximum Gasteiger partial charge on any atom is 0.409 e. The first kappa shape index (κ1) is 21.5. The van der Waals surface area contributed by atoms with Crippen LogP contribution < -0.4 is 5.73 Å². The maximum atomic E-state index is 11.7. The molecule has 0 bridgehead atoms. The van der Waals surface area contributed by atoms with Crippen LogP contribution in [0.2, 0.25) is 0 Å². The Bertz CT molecular complexity index is 743. The number of primary amides is 1. The number of ether oxygens (including phenoxy) is 2. The van der Waals surface area contributed by atoms with Crippen molar-refractivity contribution in [1.82, 2.24) is 14.8 Å². The smallest absolute Gasteiger partial charge is 0.409 e. The molecule has 0 spiro atoms. The van der Waals surface area contributed by atoms with Gasteiger partial charge in [-0.25, -0.2) is 4.79 Å². The van der Waals surface area contributed by atoms with Gasteiger partial charge >= 0.3 is 6.09 Å². The van der Waals surface area contributed by atoms with Gasteiger partial charge in [-0.1, -0.05) is 13.3 Å². The number of aromatic nitrogens is 1. The number of hydrogen-bond donors (Lipinski definition) is 1. The van der Waals surface area contributed by atoms with Crippen LogP contribution >= 0.6 is 0 Å². The zero-order valence-corrected chi connectivity index (χ0v) is 17.6. The first-order chi connectivity index (χ1) is 13.9. The van der Waals surface area contributed by atoms with Gasteiger partial charge in [0.25, 0.3) is 5.91 Å². The van der Waals surface area contributed by atoms with Crippen molar-refractivity contribution >= 4 is 12.0 Å². The number of hydrogen-bond acceptors (Lipinski definition) is 6. The van der Waals surface area contributed by atoms with Gasteiger partial charge in [-0.2, -0.15) is 0 Å². The third-order valence-electron chi connectivity index (χ3n) is 6.46. The fourth-order valence-electron chi connectivity index (χ4n) is 4.93. The Morgan fingerprint density at radius 1 is 1.48 bits per heavy atom. The number of cyclic esters (lactones) is 1. The fraction of sp³-hybridized carbons (Fsp3) is 0.667. The normalized spacial score (nSPS) is 27.3. The third kappa shape index (κ3) is 4.38. The fourth-order valence-corrected chi connectivity index (χ4v) is 4.93. The molecule has 0 aromatic carbocycles. The van der Waals surface area contributed by atoms with Crippen LogP contribution in [0.4, 0.5) is 4.79 Å². The molecule has 2 N–H and O–H groups in total. The summed E-state index contributed by atoms with van der Waals surface area (Å²) in [5.74, 6) is -0.000949. The molecule has 2 heterocycles. The SMILES string of the molecule is COC1(c2ccnc(C(N)=O)c2)C(C)CCCC1CN(C)CCN1CCOC1=O. The molecule has 1 aromatic rings. The van der Waals surface area contributed by atoms with Gasteiger partial charge in [0.2, 0.25) is 0 Å². The first-order valence-electron chi connectivity index (χ1n) is 10.3. The van der Waals surface area contributed by atoms with E-state index in [1.54, 1.807) is 24.3 Å². The number of likely N-dealkylation sites (N-methyl/N-ethyl adjacent to an activating group) is 1. The summed E-state index contributed by atoms with van der Waals surface area (Å²) in [7, 11) is 3.82. The lowest BCUT2D eigenvalue weighted by molar-refractivity contribution is -0.131. The summed E-state index contributed by atoms with van der Waals surface area (Å²) >= 11 is 0. The Balaban J connectivity index is 1.78. The summed E-state index contributed by atoms with van der Waals surface area (Å²) < 4.78 is 11.2. The Morgan fingerprint density at radius 2 is 2.28 bits per heavy atom. The highest BCUT2D eigenvalue weighted by Gasteiger charge is 2.48. The molecule has 2 fully saturated rings. The van der Waals surface area contributed by atoms with Crippen molar-refractivity contribution in [3.8, 4) is 0 Å². The zero-order valence-electron chi connectivity index (χ0n) is 17.6. The number of amides is 2. The second kappa shape index (κ2) is 9.09. The van der Waals surface area contributed by atoms with Crippen LogP contribution in [0.1, 0.15) is 42.2 Å². The van der Waals surface area contributed by atoms with Gasteiger partial charge < -0.3 is 25.0 Å². The van der Waals surface area contributed by atoms with E-state index in [9.17, 15) is 9.59 Å². The van der Waals surface area contributed by atoms with E-state index in [0.717, 1.165) is 37.9 Å². The lowest BCUT2D eigenvalue weighted by Crippen LogP contribution is -2.50. The minimum Gasteiger partial charge on any atom is -0.448 e. The summed E-state index contributed by atoms with van der Waals surface area (Å²) in [6.07, 6.45) is 4.63. The van der Waals surface area contributed by atoms with Gasteiger partial charge in [-0.05, 0) is 43.5 Å². The lowest BCUT2D eigenvalue weighted by Gasteiger charge is -2.49. The monoisotopic (exact) mass is 404 g/mol. The quantitative estimate of drug-likeness (QED) is 0.710. The zero-order chi connectivity index (χ0) is 21.0. The molecule has 0 radical (unpaired) electrons. The van der Waals surface area contributed by atoms with Crippen molar-refractivity contribution in [2.75, 3.05) is 46.9 Å². The molecular weight excluding hydrogens is 372 g/mol. The van der Waals surface area contributed by atoms with E-state index in [4.69, 9.17) is 15.2 Å². The third-order valence-corrected chi connectivity index (χ3v) is 6.46. The van der Waals surface area contributed by atoms with E-state index in [-0.39, 0.29) is 23.6 Å². The summed E-state index contributed by atoms with van der Waals surface area (Å²) in [6.45, 7) is 5.58. The lowest BCUT2D eigenvalue weighted by atomic mass is 9.65. The van der Waals surface area contributed by atoms with Gasteiger partial charge in [0, 0.05) is 38.9 Å². The van der Waals surface area contributed by atoms with Gasteiger partial charge in [0.15, 0.2) is 0 Å². The molecular formula is C21H32N4O4. The molecule has 8 heteroatoms. The molecule has 3 atom stereocenters. The molecule has 1 saturated carbocycles. The van der Waals surface area contributed by atoms with Crippen LogP contribution in [0, 0.1) is 11.8 Å². The second-order valence-corrected chi connectivity index (χ2v) is 8.18. The number of rotatable bonds is 8. The molecule has 1 aromatic heterocycles.